The lowest BCUT2D eigenvalue weighted by Crippen LogP contribution is -2.40. The average Bonchev–Trinajstić information content (AvgIpc) is 2.37. The highest BCUT2D eigenvalue weighted by molar-refractivity contribution is 7.88. The first-order valence-corrected chi connectivity index (χ1v) is 8.63. The Balaban J connectivity index is 1.84. The largest absolute Gasteiger partial charge is 0.299 e. The smallest absolute Gasteiger partial charge is 0.208 e. The molecular formula is C14H22N2O2S. The number of hydrogen-bond acceptors (Lipinski definition) is 3. The molecule has 0 amide bonds. The van der Waals surface area contributed by atoms with Crippen LogP contribution in [0.15, 0.2) is 30.3 Å². The fourth-order valence-electron chi connectivity index (χ4n) is 2.57. The summed E-state index contributed by atoms with van der Waals surface area (Å²) in [5.74, 6) is 0.423. The van der Waals surface area contributed by atoms with Crippen LogP contribution in [0.1, 0.15) is 18.4 Å². The fourth-order valence-corrected chi connectivity index (χ4v) is 3.11. The zero-order valence-electron chi connectivity index (χ0n) is 11.4. The molecule has 0 spiro atoms. The Labute approximate surface area is 115 Å². The molecule has 106 valence electrons. The molecule has 19 heavy (non-hydrogen) atoms. The third-order valence-corrected chi connectivity index (χ3v) is 4.18. The van der Waals surface area contributed by atoms with Crippen molar-refractivity contribution in [2.45, 2.75) is 19.4 Å². The van der Waals surface area contributed by atoms with Gasteiger partial charge in [-0.1, -0.05) is 30.3 Å². The van der Waals surface area contributed by atoms with Gasteiger partial charge in [0.15, 0.2) is 0 Å². The minimum atomic E-state index is -3.07. The summed E-state index contributed by atoms with van der Waals surface area (Å²) < 4.78 is 24.9. The highest BCUT2D eigenvalue weighted by Crippen LogP contribution is 2.18. The van der Waals surface area contributed by atoms with Gasteiger partial charge >= 0.3 is 0 Å². The normalized spacial score (nSPS) is 21.4. The number of likely N-dealkylation sites (tertiary alicyclic amines) is 1. The summed E-state index contributed by atoms with van der Waals surface area (Å²) in [6.45, 7) is 3.59. The Hall–Kier alpha value is -0.910. The van der Waals surface area contributed by atoms with Crippen molar-refractivity contribution in [2.24, 2.45) is 5.92 Å². The molecule has 1 fully saturated rings. The van der Waals surface area contributed by atoms with Crippen molar-refractivity contribution in [1.29, 1.82) is 0 Å². The molecule has 1 aliphatic heterocycles. The van der Waals surface area contributed by atoms with Crippen LogP contribution in [0.3, 0.4) is 0 Å². The van der Waals surface area contributed by atoms with Crippen LogP contribution < -0.4 is 4.72 Å². The van der Waals surface area contributed by atoms with Crippen LogP contribution >= 0.6 is 0 Å². The van der Waals surface area contributed by atoms with Gasteiger partial charge in [-0.3, -0.25) is 4.90 Å². The zero-order valence-corrected chi connectivity index (χ0v) is 12.2. The maximum absolute atomic E-state index is 11.1. The number of nitrogens with one attached hydrogen (secondary N) is 1. The van der Waals surface area contributed by atoms with E-state index in [0.717, 1.165) is 32.5 Å². The molecule has 0 radical (unpaired) electrons. The van der Waals surface area contributed by atoms with E-state index < -0.39 is 10.0 Å². The fraction of sp³-hybridized carbons (Fsp3) is 0.571. The van der Waals surface area contributed by atoms with E-state index in [1.54, 1.807) is 0 Å². The Bertz CT molecular complexity index is 487. The number of rotatable bonds is 5. The molecule has 1 N–H and O–H groups in total. The molecule has 1 saturated heterocycles. The van der Waals surface area contributed by atoms with Crippen molar-refractivity contribution >= 4 is 10.0 Å². The van der Waals surface area contributed by atoms with E-state index in [2.05, 4.69) is 33.9 Å². The van der Waals surface area contributed by atoms with E-state index in [4.69, 9.17) is 0 Å². The van der Waals surface area contributed by atoms with Crippen molar-refractivity contribution in [1.82, 2.24) is 9.62 Å². The first kappa shape index (κ1) is 14.5. The Morgan fingerprint density at radius 2 is 2.05 bits per heavy atom. The second-order valence-corrected chi connectivity index (χ2v) is 7.18. The molecule has 0 bridgehead atoms. The van der Waals surface area contributed by atoms with Crippen molar-refractivity contribution in [3.05, 3.63) is 35.9 Å². The third kappa shape index (κ3) is 5.30. The molecule has 0 aromatic heterocycles. The summed E-state index contributed by atoms with van der Waals surface area (Å²) in [6, 6.07) is 10.4. The molecule has 2 rings (SSSR count). The first-order valence-electron chi connectivity index (χ1n) is 6.74. The molecule has 1 aromatic carbocycles. The van der Waals surface area contributed by atoms with Gasteiger partial charge in [-0.2, -0.15) is 0 Å². The molecule has 4 nitrogen and oxygen atoms in total. The lowest BCUT2D eigenvalue weighted by molar-refractivity contribution is 0.169. The maximum atomic E-state index is 11.1. The van der Waals surface area contributed by atoms with Gasteiger partial charge in [0.2, 0.25) is 10.0 Å². The Kier molecular flexibility index (Phi) is 4.96. The van der Waals surface area contributed by atoms with Crippen molar-refractivity contribution in [3.63, 3.8) is 0 Å². The van der Waals surface area contributed by atoms with Crippen LogP contribution in [0, 0.1) is 5.92 Å². The minimum absolute atomic E-state index is 0.423. The molecule has 1 atom stereocenters. The van der Waals surface area contributed by atoms with Gasteiger partial charge in [0, 0.05) is 19.6 Å². The molecule has 1 aromatic rings. The highest BCUT2D eigenvalue weighted by atomic mass is 32.2. The van der Waals surface area contributed by atoms with Crippen LogP contribution in [0.5, 0.6) is 0 Å². The third-order valence-electron chi connectivity index (χ3n) is 3.49. The lowest BCUT2D eigenvalue weighted by Gasteiger charge is -2.32. The standard InChI is InChI=1S/C14H22N2O2S/c1-19(17,18)15-10-14-8-5-9-16(12-14)11-13-6-3-2-4-7-13/h2-4,6-7,14-15H,5,8-12H2,1H3/t14-/m1/s1. The van der Waals surface area contributed by atoms with Crippen LogP contribution in [0.4, 0.5) is 0 Å². The maximum Gasteiger partial charge on any atom is 0.208 e. The van der Waals surface area contributed by atoms with Gasteiger partial charge in [-0.05, 0) is 30.9 Å². The van der Waals surface area contributed by atoms with E-state index in [-0.39, 0.29) is 0 Å². The summed E-state index contributed by atoms with van der Waals surface area (Å²) in [4.78, 5) is 2.41. The molecule has 0 saturated carbocycles. The van der Waals surface area contributed by atoms with Gasteiger partial charge in [0.25, 0.3) is 0 Å². The molecular weight excluding hydrogens is 260 g/mol. The first-order chi connectivity index (χ1) is 9.03. The Morgan fingerprint density at radius 3 is 2.74 bits per heavy atom. The van der Waals surface area contributed by atoms with Gasteiger partial charge < -0.3 is 0 Å². The van der Waals surface area contributed by atoms with Crippen molar-refractivity contribution in [3.8, 4) is 0 Å². The summed E-state index contributed by atoms with van der Waals surface area (Å²) in [5, 5.41) is 0. The number of benzene rings is 1. The van der Waals surface area contributed by atoms with E-state index >= 15 is 0 Å². The van der Waals surface area contributed by atoms with E-state index in [1.165, 1.54) is 11.8 Å². The van der Waals surface area contributed by atoms with Gasteiger partial charge in [-0.25, -0.2) is 13.1 Å². The summed E-state index contributed by atoms with van der Waals surface area (Å²) in [6.07, 6.45) is 3.47. The molecule has 0 aliphatic carbocycles. The number of piperidine rings is 1. The van der Waals surface area contributed by atoms with E-state index in [1.807, 2.05) is 6.07 Å². The quantitative estimate of drug-likeness (QED) is 0.889. The highest BCUT2D eigenvalue weighted by Gasteiger charge is 2.20. The van der Waals surface area contributed by atoms with Crippen LogP contribution in [-0.4, -0.2) is 39.2 Å². The van der Waals surface area contributed by atoms with E-state index in [0.29, 0.717) is 12.5 Å². The van der Waals surface area contributed by atoms with Gasteiger partial charge in [0.05, 0.1) is 6.26 Å². The lowest BCUT2D eigenvalue weighted by atomic mass is 9.98. The number of nitrogens with zero attached hydrogens (tertiary/aromatic N) is 1. The molecule has 5 heteroatoms. The average molecular weight is 282 g/mol. The molecule has 1 aliphatic rings. The second-order valence-electron chi connectivity index (χ2n) is 5.35. The Morgan fingerprint density at radius 1 is 1.32 bits per heavy atom. The van der Waals surface area contributed by atoms with E-state index in [9.17, 15) is 8.42 Å². The van der Waals surface area contributed by atoms with Crippen LogP contribution in [0.25, 0.3) is 0 Å². The zero-order chi connectivity index (χ0) is 13.7. The van der Waals surface area contributed by atoms with Gasteiger partial charge in [-0.15, -0.1) is 0 Å². The van der Waals surface area contributed by atoms with Crippen LogP contribution in [0.2, 0.25) is 0 Å². The predicted octanol–water partition coefficient (Wildman–Crippen LogP) is 1.45. The summed E-state index contributed by atoms with van der Waals surface area (Å²) in [5.41, 5.74) is 1.32. The topological polar surface area (TPSA) is 49.4 Å². The minimum Gasteiger partial charge on any atom is -0.299 e. The second kappa shape index (κ2) is 6.50. The predicted molar refractivity (Wildman–Crippen MR) is 77.3 cm³/mol. The molecule has 1 heterocycles. The monoisotopic (exact) mass is 282 g/mol. The number of hydrogen-bond donors (Lipinski definition) is 1. The number of sulfonamides is 1. The summed E-state index contributed by atoms with van der Waals surface area (Å²) >= 11 is 0. The van der Waals surface area contributed by atoms with Crippen molar-refractivity contribution in [2.75, 3.05) is 25.9 Å². The molecule has 0 unspecified atom stereocenters. The van der Waals surface area contributed by atoms with Crippen molar-refractivity contribution < 1.29 is 8.42 Å². The SMILES string of the molecule is CS(=O)(=O)NC[C@H]1CCCN(Cc2ccccc2)C1. The van der Waals surface area contributed by atoms with Gasteiger partial charge in [0.1, 0.15) is 0 Å². The van der Waals surface area contributed by atoms with Crippen LogP contribution in [-0.2, 0) is 16.6 Å². The summed E-state index contributed by atoms with van der Waals surface area (Å²) in [7, 11) is -3.07.